The van der Waals surface area contributed by atoms with Crippen LogP contribution in [0.3, 0.4) is 0 Å². The van der Waals surface area contributed by atoms with Gasteiger partial charge in [-0.2, -0.15) is 18.2 Å². The van der Waals surface area contributed by atoms with Gasteiger partial charge in [0.1, 0.15) is 0 Å². The molecule has 7 heteroatoms. The van der Waals surface area contributed by atoms with Gasteiger partial charge in [-0.25, -0.2) is 0 Å². The Morgan fingerprint density at radius 3 is 2.65 bits per heavy atom. The first-order valence-corrected chi connectivity index (χ1v) is 7.67. The summed E-state index contributed by atoms with van der Waals surface area (Å²) in [4.78, 5) is 4.39. The van der Waals surface area contributed by atoms with Crippen molar-refractivity contribution in [1.29, 1.82) is 0 Å². The molecule has 1 heterocycles. The van der Waals surface area contributed by atoms with Crippen molar-refractivity contribution in [2.24, 2.45) is 5.73 Å². The highest BCUT2D eigenvalue weighted by molar-refractivity contribution is 5.35. The maximum atomic E-state index is 12.8. The quantitative estimate of drug-likeness (QED) is 0.935. The smallest absolute Gasteiger partial charge is 0.339 e. The maximum absolute atomic E-state index is 12.8. The largest absolute Gasteiger partial charge is 0.416 e. The van der Waals surface area contributed by atoms with Gasteiger partial charge in [-0.15, -0.1) is 0 Å². The Morgan fingerprint density at radius 2 is 2.00 bits per heavy atom. The number of aromatic nitrogens is 2. The molecule has 2 fully saturated rings. The molecule has 2 aromatic rings. The highest BCUT2D eigenvalue weighted by Crippen LogP contribution is 2.55. The van der Waals surface area contributed by atoms with Crippen LogP contribution in [-0.2, 0) is 11.7 Å². The fraction of sp³-hybridized carbons (Fsp3) is 0.500. The molecule has 2 unspecified atom stereocenters. The maximum Gasteiger partial charge on any atom is 0.416 e. The number of nitrogens with two attached hydrogens (primary N) is 1. The summed E-state index contributed by atoms with van der Waals surface area (Å²) in [6.07, 6.45) is -0.868. The molecule has 0 bridgehead atoms. The second-order valence-corrected chi connectivity index (χ2v) is 6.54. The van der Waals surface area contributed by atoms with Crippen LogP contribution in [0.15, 0.2) is 28.8 Å². The number of hydrogen-bond acceptors (Lipinski definition) is 4. The summed E-state index contributed by atoms with van der Waals surface area (Å²) in [7, 11) is 0. The summed E-state index contributed by atoms with van der Waals surface area (Å²) < 4.78 is 43.7. The van der Waals surface area contributed by atoms with Crippen molar-refractivity contribution in [3.05, 3.63) is 47.1 Å². The van der Waals surface area contributed by atoms with Gasteiger partial charge in [-0.1, -0.05) is 23.4 Å². The van der Waals surface area contributed by atoms with Crippen LogP contribution in [0.1, 0.15) is 60.4 Å². The molecule has 23 heavy (non-hydrogen) atoms. The SMILES string of the molecule is NC1(c2noc(C3CC3c3cccc(C(F)(F)F)c3)n2)CCC1. The van der Waals surface area contributed by atoms with Gasteiger partial charge in [-0.05, 0) is 43.2 Å². The van der Waals surface area contributed by atoms with Crippen molar-refractivity contribution in [1.82, 2.24) is 10.1 Å². The zero-order chi connectivity index (χ0) is 16.2. The molecule has 2 N–H and O–H groups in total. The topological polar surface area (TPSA) is 64.9 Å². The zero-order valence-corrected chi connectivity index (χ0v) is 12.3. The van der Waals surface area contributed by atoms with Crippen LogP contribution in [0.2, 0.25) is 0 Å². The van der Waals surface area contributed by atoms with E-state index in [4.69, 9.17) is 10.3 Å². The molecule has 0 radical (unpaired) electrons. The lowest BCUT2D eigenvalue weighted by Crippen LogP contribution is -2.44. The highest BCUT2D eigenvalue weighted by Gasteiger charge is 2.46. The van der Waals surface area contributed by atoms with Crippen LogP contribution in [0, 0.1) is 0 Å². The van der Waals surface area contributed by atoms with Crippen LogP contribution in [0.5, 0.6) is 0 Å². The fourth-order valence-electron chi connectivity index (χ4n) is 3.15. The summed E-state index contributed by atoms with van der Waals surface area (Å²) in [5.41, 5.74) is 5.72. The molecule has 0 spiro atoms. The number of rotatable bonds is 3. The van der Waals surface area contributed by atoms with E-state index >= 15 is 0 Å². The normalized spacial score (nSPS) is 25.9. The van der Waals surface area contributed by atoms with E-state index in [2.05, 4.69) is 10.1 Å². The predicted molar refractivity (Wildman–Crippen MR) is 75.6 cm³/mol. The number of halogens is 3. The predicted octanol–water partition coefficient (Wildman–Crippen LogP) is 3.70. The van der Waals surface area contributed by atoms with Crippen LogP contribution in [0.25, 0.3) is 0 Å². The first-order chi connectivity index (χ1) is 10.9. The zero-order valence-electron chi connectivity index (χ0n) is 12.3. The van der Waals surface area contributed by atoms with E-state index in [1.165, 1.54) is 12.1 Å². The number of benzene rings is 1. The average Bonchev–Trinajstić information content (AvgIpc) is 3.13. The summed E-state index contributed by atoms with van der Waals surface area (Å²) in [6.45, 7) is 0. The molecule has 1 aromatic heterocycles. The summed E-state index contributed by atoms with van der Waals surface area (Å²) in [6, 6.07) is 5.45. The number of alkyl halides is 3. The number of nitrogens with zero attached hydrogens (tertiary/aromatic N) is 2. The molecule has 122 valence electrons. The van der Waals surface area contributed by atoms with Crippen LogP contribution in [-0.4, -0.2) is 10.1 Å². The van der Waals surface area contributed by atoms with Crippen LogP contribution in [0.4, 0.5) is 13.2 Å². The molecular weight excluding hydrogens is 307 g/mol. The Balaban J connectivity index is 1.52. The third-order valence-corrected chi connectivity index (χ3v) is 4.88. The first-order valence-electron chi connectivity index (χ1n) is 7.67. The third kappa shape index (κ3) is 2.52. The van der Waals surface area contributed by atoms with Crippen molar-refractivity contribution in [3.8, 4) is 0 Å². The van der Waals surface area contributed by atoms with E-state index in [0.717, 1.165) is 31.7 Å². The Bertz CT molecular complexity index is 736. The lowest BCUT2D eigenvalue weighted by molar-refractivity contribution is -0.137. The van der Waals surface area contributed by atoms with Gasteiger partial charge in [0.05, 0.1) is 11.1 Å². The highest BCUT2D eigenvalue weighted by atomic mass is 19.4. The summed E-state index contributed by atoms with van der Waals surface area (Å²) >= 11 is 0. The van der Waals surface area contributed by atoms with Crippen LogP contribution >= 0.6 is 0 Å². The fourth-order valence-corrected chi connectivity index (χ4v) is 3.15. The van der Waals surface area contributed by atoms with Crippen molar-refractivity contribution in [3.63, 3.8) is 0 Å². The van der Waals surface area contributed by atoms with E-state index in [0.29, 0.717) is 17.3 Å². The van der Waals surface area contributed by atoms with Gasteiger partial charge in [0.25, 0.3) is 0 Å². The molecule has 2 aliphatic rings. The van der Waals surface area contributed by atoms with E-state index < -0.39 is 17.3 Å². The average molecular weight is 323 g/mol. The van der Waals surface area contributed by atoms with Crippen molar-refractivity contribution < 1.29 is 17.7 Å². The second kappa shape index (κ2) is 4.80. The molecule has 1 aromatic carbocycles. The molecule has 0 amide bonds. The first kappa shape index (κ1) is 14.7. The third-order valence-electron chi connectivity index (χ3n) is 4.88. The van der Waals surface area contributed by atoms with Gasteiger partial charge in [0.2, 0.25) is 5.89 Å². The summed E-state index contributed by atoms with van der Waals surface area (Å²) in [5, 5.41) is 3.97. The minimum Gasteiger partial charge on any atom is -0.339 e. The Morgan fingerprint density at radius 1 is 1.22 bits per heavy atom. The molecule has 0 aliphatic heterocycles. The van der Waals surface area contributed by atoms with Crippen molar-refractivity contribution in [2.45, 2.75) is 49.2 Å². The van der Waals surface area contributed by atoms with Crippen LogP contribution < -0.4 is 5.73 Å². The van der Waals surface area contributed by atoms with Gasteiger partial charge < -0.3 is 10.3 Å². The monoisotopic (exact) mass is 323 g/mol. The lowest BCUT2D eigenvalue weighted by atomic mass is 9.77. The molecule has 4 rings (SSSR count). The van der Waals surface area contributed by atoms with Crippen molar-refractivity contribution in [2.75, 3.05) is 0 Å². The molecule has 2 atom stereocenters. The Hall–Kier alpha value is -1.89. The lowest BCUT2D eigenvalue weighted by Gasteiger charge is -2.34. The Labute approximate surface area is 130 Å². The van der Waals surface area contributed by atoms with Gasteiger partial charge in [-0.3, -0.25) is 0 Å². The molecule has 2 saturated carbocycles. The second-order valence-electron chi connectivity index (χ2n) is 6.54. The number of hydrogen-bond donors (Lipinski definition) is 1. The van der Waals surface area contributed by atoms with Gasteiger partial charge in [0.15, 0.2) is 5.82 Å². The molecule has 0 saturated heterocycles. The van der Waals surface area contributed by atoms with E-state index in [9.17, 15) is 13.2 Å². The molecule has 2 aliphatic carbocycles. The summed E-state index contributed by atoms with van der Waals surface area (Å²) in [5.74, 6) is 0.997. The van der Waals surface area contributed by atoms with E-state index in [-0.39, 0.29) is 11.8 Å². The van der Waals surface area contributed by atoms with E-state index in [1.54, 1.807) is 6.07 Å². The standard InChI is InChI=1S/C16H16F3N3O/c17-16(18,19)10-4-1-3-9(7-10)11-8-12(11)13-21-14(22-23-13)15(20)5-2-6-15/h1,3-4,7,11-12H,2,5-6,8,20H2. The minimum absolute atomic E-state index is 0.000662. The van der Waals surface area contributed by atoms with E-state index in [1.807, 2.05) is 0 Å². The van der Waals surface area contributed by atoms with Gasteiger partial charge >= 0.3 is 6.18 Å². The van der Waals surface area contributed by atoms with Crippen molar-refractivity contribution >= 4 is 0 Å². The Kier molecular flexibility index (Phi) is 3.07. The molecule has 4 nitrogen and oxygen atoms in total. The molecular formula is C16H16F3N3O. The van der Waals surface area contributed by atoms with Gasteiger partial charge in [0, 0.05) is 5.92 Å². The minimum atomic E-state index is -4.33.